The molecule has 0 atom stereocenters. The minimum Gasteiger partial charge on any atom is -0.290 e. The lowest BCUT2D eigenvalue weighted by atomic mass is 9.92. The lowest BCUT2D eigenvalue weighted by Crippen LogP contribution is -2.09. The van der Waals surface area contributed by atoms with Gasteiger partial charge in [0.25, 0.3) is 0 Å². The van der Waals surface area contributed by atoms with Crippen molar-refractivity contribution in [2.24, 2.45) is 0 Å². The van der Waals surface area contributed by atoms with Gasteiger partial charge in [-0.2, -0.15) is 0 Å². The van der Waals surface area contributed by atoms with Crippen molar-refractivity contribution in [2.45, 2.75) is 53.3 Å². The maximum Gasteiger partial charge on any atom is 0.147 e. The molecule has 8 rings (SSSR count). The van der Waals surface area contributed by atoms with Gasteiger partial charge in [-0.1, -0.05) is 119 Å². The fourth-order valence-corrected chi connectivity index (χ4v) is 8.23. The summed E-state index contributed by atoms with van der Waals surface area (Å²) in [5, 5.41) is 2.34. The van der Waals surface area contributed by atoms with Crippen LogP contribution < -0.4 is 0 Å². The van der Waals surface area contributed by atoms with Crippen LogP contribution in [-0.4, -0.2) is 14.5 Å². The normalized spacial score (nSPS) is 13.1. The molecule has 0 radical (unpaired) electrons. The van der Waals surface area contributed by atoms with Gasteiger partial charge in [0.1, 0.15) is 5.82 Å². The Morgan fingerprint density at radius 3 is 1.98 bits per heavy atom. The zero-order valence-corrected chi connectivity index (χ0v) is 28.7. The monoisotopic (exact) mass is 644 g/mol. The SMILES string of the molecule is [2H]C([2H])([2H])c1nc(C)cc2nc(-c3cccc4c3sc3ccc(-c5ccc(-c6ccccc6)cc5)cc34)n(-c3c(C(C)C)cccc3C(C)C)c12. The van der Waals surface area contributed by atoms with Crippen LogP contribution >= 0.6 is 11.3 Å². The number of nitrogens with zero attached hydrogens (tertiary/aromatic N) is 3. The second-order valence-electron chi connectivity index (χ2n) is 13.3. The van der Waals surface area contributed by atoms with Crippen molar-refractivity contribution in [3.8, 4) is 39.3 Å². The summed E-state index contributed by atoms with van der Waals surface area (Å²) in [6.45, 7) is 8.17. The molecule has 236 valence electrons. The van der Waals surface area contributed by atoms with E-state index in [1.807, 2.05) is 19.1 Å². The highest BCUT2D eigenvalue weighted by Gasteiger charge is 2.25. The van der Waals surface area contributed by atoms with Crippen molar-refractivity contribution in [1.82, 2.24) is 14.5 Å². The largest absolute Gasteiger partial charge is 0.290 e. The van der Waals surface area contributed by atoms with Gasteiger partial charge in [-0.15, -0.1) is 11.3 Å². The van der Waals surface area contributed by atoms with E-state index in [2.05, 4.69) is 140 Å². The smallest absolute Gasteiger partial charge is 0.147 e. The molecule has 5 aromatic carbocycles. The number of imidazole rings is 1. The molecule has 0 fully saturated rings. The summed E-state index contributed by atoms with van der Waals surface area (Å²) >= 11 is 1.75. The molecule has 4 heteroatoms. The van der Waals surface area contributed by atoms with Gasteiger partial charge < -0.3 is 0 Å². The van der Waals surface area contributed by atoms with E-state index in [0.29, 0.717) is 16.7 Å². The van der Waals surface area contributed by atoms with E-state index < -0.39 is 6.85 Å². The average molecular weight is 645 g/mol. The van der Waals surface area contributed by atoms with E-state index in [-0.39, 0.29) is 17.5 Å². The second-order valence-corrected chi connectivity index (χ2v) is 14.3. The van der Waals surface area contributed by atoms with Gasteiger partial charge in [0.15, 0.2) is 0 Å². The predicted octanol–water partition coefficient (Wildman–Crippen LogP) is 12.7. The molecule has 0 N–H and O–H groups in total. The second kappa shape index (κ2) is 11.9. The summed E-state index contributed by atoms with van der Waals surface area (Å²) in [6.07, 6.45) is 0. The molecule has 0 amide bonds. The molecule has 48 heavy (non-hydrogen) atoms. The first-order valence-electron chi connectivity index (χ1n) is 18.1. The average Bonchev–Trinajstić information content (AvgIpc) is 3.69. The van der Waals surface area contributed by atoms with Gasteiger partial charge in [-0.3, -0.25) is 9.55 Å². The number of thiophene rings is 1. The van der Waals surface area contributed by atoms with Crippen LogP contribution in [0.5, 0.6) is 0 Å². The predicted molar refractivity (Wildman–Crippen MR) is 206 cm³/mol. The summed E-state index contributed by atoms with van der Waals surface area (Å²) < 4.78 is 30.2. The third kappa shape index (κ3) is 5.03. The zero-order valence-electron chi connectivity index (χ0n) is 30.9. The minimum absolute atomic E-state index is 0.0796. The summed E-state index contributed by atoms with van der Waals surface area (Å²) in [5.41, 5.74) is 10.9. The molecule has 0 saturated heterocycles. The van der Waals surface area contributed by atoms with Crippen LogP contribution in [-0.2, 0) is 0 Å². The Bertz CT molecular complexity index is 2550. The lowest BCUT2D eigenvalue weighted by molar-refractivity contribution is 0.810. The van der Waals surface area contributed by atoms with Crippen LogP contribution in [0.15, 0.2) is 115 Å². The fraction of sp³-hybridized carbons (Fsp3) is 0.182. The quantitative estimate of drug-likeness (QED) is 0.180. The van der Waals surface area contributed by atoms with E-state index in [4.69, 9.17) is 9.10 Å². The standard InChI is InChI=1S/C44H39N3S/c1-26(2)34-14-10-15-35(27(3)4)42(34)47-41-29(6)45-28(5)24-39(41)46-44(47)37-17-11-16-36-38-25-33(22-23-40(38)48-43(36)37)32-20-18-31(19-21-32)30-12-8-7-9-13-30/h7-27H,1-6H3/i6D3. The highest BCUT2D eigenvalue weighted by atomic mass is 32.1. The van der Waals surface area contributed by atoms with E-state index in [9.17, 15) is 0 Å². The molecule has 0 aliphatic rings. The van der Waals surface area contributed by atoms with Crippen molar-refractivity contribution >= 4 is 42.5 Å². The number of hydrogen-bond donors (Lipinski definition) is 0. The first kappa shape index (κ1) is 26.9. The Morgan fingerprint density at radius 1 is 0.646 bits per heavy atom. The molecule has 8 aromatic rings. The van der Waals surface area contributed by atoms with E-state index in [1.165, 1.54) is 26.8 Å². The molecular weight excluding hydrogens is 603 g/mol. The van der Waals surface area contributed by atoms with Crippen molar-refractivity contribution in [1.29, 1.82) is 0 Å². The van der Waals surface area contributed by atoms with E-state index in [1.54, 1.807) is 11.3 Å². The summed E-state index contributed by atoms with van der Waals surface area (Å²) in [4.78, 5) is 9.95. The summed E-state index contributed by atoms with van der Waals surface area (Å²) in [5.74, 6) is 1.12. The number of aryl methyl sites for hydroxylation is 2. The number of para-hydroxylation sites is 1. The number of hydrogen-bond acceptors (Lipinski definition) is 3. The lowest BCUT2D eigenvalue weighted by Gasteiger charge is -2.23. The van der Waals surface area contributed by atoms with Crippen LogP contribution in [0.25, 0.3) is 70.5 Å². The molecule has 0 aliphatic heterocycles. The Hall–Kier alpha value is -5.06. The molecule has 3 nitrogen and oxygen atoms in total. The Kier molecular flexibility index (Phi) is 6.67. The number of aromatic nitrogens is 3. The zero-order chi connectivity index (χ0) is 35.6. The maximum atomic E-state index is 8.58. The van der Waals surface area contributed by atoms with Crippen molar-refractivity contribution in [3.05, 3.63) is 138 Å². The molecule has 0 unspecified atom stereocenters. The van der Waals surface area contributed by atoms with Crippen LogP contribution in [0.2, 0.25) is 0 Å². The summed E-state index contributed by atoms with van der Waals surface area (Å²) in [6, 6.07) is 40.7. The maximum absolute atomic E-state index is 8.58. The van der Waals surface area contributed by atoms with Crippen molar-refractivity contribution in [3.63, 3.8) is 0 Å². The molecule has 3 aromatic heterocycles. The molecule has 0 bridgehead atoms. The van der Waals surface area contributed by atoms with Crippen LogP contribution in [0.1, 0.15) is 66.2 Å². The van der Waals surface area contributed by atoms with Crippen molar-refractivity contribution < 1.29 is 4.11 Å². The summed E-state index contributed by atoms with van der Waals surface area (Å²) in [7, 11) is 0. The fourth-order valence-electron chi connectivity index (χ4n) is 7.03. The third-order valence-electron chi connectivity index (χ3n) is 9.39. The number of benzene rings is 5. The topological polar surface area (TPSA) is 30.7 Å². The van der Waals surface area contributed by atoms with Gasteiger partial charge in [0, 0.05) is 35.5 Å². The van der Waals surface area contributed by atoms with Gasteiger partial charge in [0.2, 0.25) is 0 Å². The Labute approximate surface area is 290 Å². The first-order chi connectivity index (χ1) is 24.5. The number of rotatable bonds is 6. The molecule has 3 heterocycles. The molecule has 0 spiro atoms. The number of fused-ring (bicyclic) bond motifs is 4. The van der Waals surface area contributed by atoms with Gasteiger partial charge in [-0.05, 0) is 83.3 Å². The first-order valence-corrected chi connectivity index (χ1v) is 17.5. The van der Waals surface area contributed by atoms with Gasteiger partial charge in [0.05, 0.1) is 22.4 Å². The third-order valence-corrected chi connectivity index (χ3v) is 10.6. The molecule has 0 saturated carbocycles. The highest BCUT2D eigenvalue weighted by molar-refractivity contribution is 7.26. The van der Waals surface area contributed by atoms with E-state index in [0.717, 1.165) is 43.9 Å². The van der Waals surface area contributed by atoms with Crippen molar-refractivity contribution in [2.75, 3.05) is 0 Å². The van der Waals surface area contributed by atoms with Crippen LogP contribution in [0.3, 0.4) is 0 Å². The molecule has 0 aliphatic carbocycles. The van der Waals surface area contributed by atoms with Crippen LogP contribution in [0, 0.1) is 13.8 Å². The van der Waals surface area contributed by atoms with E-state index >= 15 is 0 Å². The highest BCUT2D eigenvalue weighted by Crippen LogP contribution is 2.44. The Morgan fingerprint density at radius 2 is 1.29 bits per heavy atom. The van der Waals surface area contributed by atoms with Gasteiger partial charge in [-0.25, -0.2) is 4.98 Å². The minimum atomic E-state index is -2.43. The van der Waals surface area contributed by atoms with Crippen LogP contribution in [0.4, 0.5) is 0 Å². The molecular formula is C44H39N3S. The van der Waals surface area contributed by atoms with Gasteiger partial charge >= 0.3 is 0 Å². The Balaban J connectivity index is 1.38. The number of pyridine rings is 1.